The Kier molecular flexibility index (Phi) is 2.69. The Morgan fingerprint density at radius 1 is 1.30 bits per heavy atom. The molecule has 2 nitrogen and oxygen atoms in total. The molecule has 1 saturated heterocycles. The fraction of sp³-hybridized carbons (Fsp3) is 1.00. The molecule has 10 heavy (non-hydrogen) atoms. The molecule has 0 radical (unpaired) electrons. The Morgan fingerprint density at radius 2 is 1.80 bits per heavy atom. The maximum atomic E-state index is 9.00. The predicted octanol–water partition coefficient (Wildman–Crippen LogP) is 0.470. The summed E-state index contributed by atoms with van der Waals surface area (Å²) >= 11 is 0. The van der Waals surface area contributed by atoms with Crippen molar-refractivity contribution in [3.05, 3.63) is 0 Å². The van der Waals surface area contributed by atoms with Gasteiger partial charge in [0.25, 0.3) is 0 Å². The minimum Gasteiger partial charge on any atom is -0.396 e. The first-order chi connectivity index (χ1) is 4.75. The Morgan fingerprint density at radius 3 is 2.10 bits per heavy atom. The van der Waals surface area contributed by atoms with E-state index in [-0.39, 0.29) is 0 Å². The molecule has 2 unspecified atom stereocenters. The van der Waals surface area contributed by atoms with E-state index in [1.165, 1.54) is 0 Å². The van der Waals surface area contributed by atoms with Crippen molar-refractivity contribution >= 4 is 0 Å². The van der Waals surface area contributed by atoms with Crippen molar-refractivity contribution in [1.29, 1.82) is 0 Å². The topological polar surface area (TPSA) is 32.3 Å². The molecule has 1 aliphatic heterocycles. The summed E-state index contributed by atoms with van der Waals surface area (Å²) in [5.74, 6) is 1.78. The minimum atomic E-state index is 0.351. The molecule has 1 aliphatic rings. The van der Waals surface area contributed by atoms with Gasteiger partial charge in [0.1, 0.15) is 0 Å². The van der Waals surface area contributed by atoms with Gasteiger partial charge in [0.05, 0.1) is 0 Å². The maximum Gasteiger partial charge on any atom is 0.0465 e. The second-order valence-corrected chi connectivity index (χ2v) is 3.46. The number of aliphatic hydroxyl groups is 1. The van der Waals surface area contributed by atoms with E-state index in [4.69, 9.17) is 5.11 Å². The third-order valence-corrected chi connectivity index (χ3v) is 2.61. The molecule has 0 aliphatic carbocycles. The van der Waals surface area contributed by atoms with Gasteiger partial charge in [0.15, 0.2) is 0 Å². The molecular formula is C8H17NO. The van der Waals surface area contributed by atoms with Gasteiger partial charge >= 0.3 is 0 Å². The lowest BCUT2D eigenvalue weighted by Crippen LogP contribution is -2.42. The van der Waals surface area contributed by atoms with E-state index >= 15 is 0 Å². The quantitative estimate of drug-likeness (QED) is 0.559. The Balaban J connectivity index is 2.45. The Bertz CT molecular complexity index is 95.4. The third kappa shape index (κ3) is 1.50. The highest BCUT2D eigenvalue weighted by Crippen LogP contribution is 2.22. The molecule has 1 rings (SSSR count). The van der Waals surface area contributed by atoms with Gasteiger partial charge in [-0.3, -0.25) is 0 Å². The minimum absolute atomic E-state index is 0.351. The van der Waals surface area contributed by atoms with Gasteiger partial charge in [0, 0.05) is 6.61 Å². The second kappa shape index (κ2) is 3.35. The van der Waals surface area contributed by atoms with E-state index in [0.717, 1.165) is 13.1 Å². The Labute approximate surface area is 62.6 Å². The molecule has 0 saturated carbocycles. The first-order valence-electron chi connectivity index (χ1n) is 4.07. The van der Waals surface area contributed by atoms with Crippen LogP contribution in [-0.4, -0.2) is 24.8 Å². The van der Waals surface area contributed by atoms with E-state index in [9.17, 15) is 0 Å². The van der Waals surface area contributed by atoms with Crippen molar-refractivity contribution in [2.24, 2.45) is 17.8 Å². The van der Waals surface area contributed by atoms with Crippen LogP contribution in [0.4, 0.5) is 0 Å². The van der Waals surface area contributed by atoms with Crippen LogP contribution < -0.4 is 5.32 Å². The molecule has 2 atom stereocenters. The largest absolute Gasteiger partial charge is 0.396 e. The SMILES string of the molecule is CC1CNCC(C)C1CO. The van der Waals surface area contributed by atoms with Crippen LogP contribution >= 0.6 is 0 Å². The zero-order valence-electron chi connectivity index (χ0n) is 6.80. The van der Waals surface area contributed by atoms with E-state index in [2.05, 4.69) is 19.2 Å². The van der Waals surface area contributed by atoms with Gasteiger partial charge in [-0.05, 0) is 30.8 Å². The number of hydrogen-bond donors (Lipinski definition) is 2. The van der Waals surface area contributed by atoms with Crippen LogP contribution in [-0.2, 0) is 0 Å². The Hall–Kier alpha value is -0.0800. The van der Waals surface area contributed by atoms with Crippen LogP contribution in [0.5, 0.6) is 0 Å². The van der Waals surface area contributed by atoms with Gasteiger partial charge in [-0.25, -0.2) is 0 Å². The number of piperidine rings is 1. The average Bonchev–Trinajstić information content (AvgIpc) is 1.88. The van der Waals surface area contributed by atoms with Crippen molar-refractivity contribution in [3.8, 4) is 0 Å². The van der Waals surface area contributed by atoms with Crippen LogP contribution in [0, 0.1) is 17.8 Å². The summed E-state index contributed by atoms with van der Waals surface area (Å²) in [4.78, 5) is 0. The van der Waals surface area contributed by atoms with Crippen LogP contribution in [0.25, 0.3) is 0 Å². The van der Waals surface area contributed by atoms with Crippen LogP contribution in [0.2, 0.25) is 0 Å². The van der Waals surface area contributed by atoms with E-state index in [0.29, 0.717) is 24.4 Å². The lowest BCUT2D eigenvalue weighted by atomic mass is 9.81. The van der Waals surface area contributed by atoms with Crippen LogP contribution in [0.15, 0.2) is 0 Å². The monoisotopic (exact) mass is 143 g/mol. The first kappa shape index (κ1) is 8.02. The molecule has 0 aromatic carbocycles. The van der Waals surface area contributed by atoms with Crippen molar-refractivity contribution in [3.63, 3.8) is 0 Å². The lowest BCUT2D eigenvalue weighted by Gasteiger charge is -2.33. The highest BCUT2D eigenvalue weighted by atomic mass is 16.3. The zero-order chi connectivity index (χ0) is 7.56. The second-order valence-electron chi connectivity index (χ2n) is 3.46. The fourth-order valence-corrected chi connectivity index (χ4v) is 1.76. The summed E-state index contributed by atoms with van der Waals surface area (Å²) < 4.78 is 0. The summed E-state index contributed by atoms with van der Waals surface area (Å²) in [5.41, 5.74) is 0. The summed E-state index contributed by atoms with van der Waals surface area (Å²) in [6, 6.07) is 0. The molecule has 0 aromatic heterocycles. The van der Waals surface area contributed by atoms with Gasteiger partial charge in [-0.1, -0.05) is 13.8 Å². The number of hydrogen-bond acceptors (Lipinski definition) is 2. The molecule has 1 fully saturated rings. The maximum absolute atomic E-state index is 9.00. The van der Waals surface area contributed by atoms with Crippen molar-refractivity contribution < 1.29 is 5.11 Å². The fourth-order valence-electron chi connectivity index (χ4n) is 1.76. The smallest absolute Gasteiger partial charge is 0.0465 e. The molecule has 2 N–H and O–H groups in total. The highest BCUT2D eigenvalue weighted by Gasteiger charge is 2.26. The van der Waals surface area contributed by atoms with Crippen molar-refractivity contribution in [1.82, 2.24) is 5.32 Å². The number of aliphatic hydroxyl groups excluding tert-OH is 1. The first-order valence-corrected chi connectivity index (χ1v) is 4.07. The highest BCUT2D eigenvalue weighted by molar-refractivity contribution is 4.79. The van der Waals surface area contributed by atoms with Crippen molar-refractivity contribution in [2.45, 2.75) is 13.8 Å². The molecule has 1 heterocycles. The number of nitrogens with one attached hydrogen (secondary N) is 1. The summed E-state index contributed by atoms with van der Waals surface area (Å²) in [6.07, 6.45) is 0. The van der Waals surface area contributed by atoms with E-state index in [1.54, 1.807) is 0 Å². The van der Waals surface area contributed by atoms with Gasteiger partial charge < -0.3 is 10.4 Å². The molecular weight excluding hydrogens is 126 g/mol. The molecule has 2 heteroatoms. The van der Waals surface area contributed by atoms with Crippen molar-refractivity contribution in [2.75, 3.05) is 19.7 Å². The third-order valence-electron chi connectivity index (χ3n) is 2.61. The van der Waals surface area contributed by atoms with Gasteiger partial charge in [0.2, 0.25) is 0 Å². The van der Waals surface area contributed by atoms with E-state index < -0.39 is 0 Å². The summed E-state index contributed by atoms with van der Waals surface area (Å²) in [7, 11) is 0. The molecule has 0 bridgehead atoms. The molecule has 0 spiro atoms. The number of rotatable bonds is 1. The summed E-state index contributed by atoms with van der Waals surface area (Å²) in [6.45, 7) is 6.88. The average molecular weight is 143 g/mol. The lowest BCUT2D eigenvalue weighted by molar-refractivity contribution is 0.109. The van der Waals surface area contributed by atoms with Crippen LogP contribution in [0.3, 0.4) is 0 Å². The standard InChI is InChI=1S/C8H17NO/c1-6-3-9-4-7(2)8(6)5-10/h6-10H,3-5H2,1-2H3. The molecule has 60 valence electrons. The zero-order valence-corrected chi connectivity index (χ0v) is 6.80. The predicted molar refractivity (Wildman–Crippen MR) is 41.8 cm³/mol. The van der Waals surface area contributed by atoms with Crippen LogP contribution in [0.1, 0.15) is 13.8 Å². The molecule has 0 aromatic rings. The normalized spacial score (nSPS) is 41.7. The summed E-state index contributed by atoms with van der Waals surface area (Å²) in [5, 5.41) is 12.3. The van der Waals surface area contributed by atoms with Gasteiger partial charge in [-0.15, -0.1) is 0 Å². The van der Waals surface area contributed by atoms with Gasteiger partial charge in [-0.2, -0.15) is 0 Å². The van der Waals surface area contributed by atoms with E-state index in [1.807, 2.05) is 0 Å². The molecule has 0 amide bonds.